The highest BCUT2D eigenvalue weighted by Gasteiger charge is 1.85. The molecule has 0 aliphatic rings. The van der Waals surface area contributed by atoms with Crippen LogP contribution in [0.5, 0.6) is 0 Å². The van der Waals surface area contributed by atoms with E-state index >= 15 is 0 Å². The zero-order valence-electron chi connectivity index (χ0n) is 6.39. The summed E-state index contributed by atoms with van der Waals surface area (Å²) in [6, 6.07) is 2.05. The van der Waals surface area contributed by atoms with Gasteiger partial charge in [0.1, 0.15) is 7.85 Å². The zero-order valence-corrected chi connectivity index (χ0v) is 6.39. The molecule has 0 bridgehead atoms. The maximum Gasteiger partial charge on any atom is 0.139 e. The smallest absolute Gasteiger partial charge is 0.139 e. The van der Waals surface area contributed by atoms with Gasteiger partial charge in [-0.15, -0.1) is 0 Å². The number of hydrogen-bond acceptors (Lipinski definition) is 1. The number of hydrogen-bond donors (Lipinski definition) is 0. The molecule has 1 nitrogen and oxygen atoms in total. The lowest BCUT2D eigenvalue weighted by molar-refractivity contribution is 1.48. The molecule has 0 fully saturated rings. The summed E-state index contributed by atoms with van der Waals surface area (Å²) < 4.78 is 0. The molecule has 0 radical (unpaired) electrons. The Morgan fingerprint density at radius 1 is 1.70 bits per heavy atom. The standard InChI is InChI=1S/C8H10BN/c1-3-7(6-10)5-8(9)4-2/h3-5H,2,9H2,1H3/b7-3+,8-5+. The number of nitrogens with zero attached hydrogens (tertiary/aromatic N) is 1. The van der Waals surface area contributed by atoms with Crippen molar-refractivity contribution in [2.24, 2.45) is 0 Å². The van der Waals surface area contributed by atoms with E-state index in [0.717, 1.165) is 5.47 Å². The first-order chi connectivity index (χ1) is 4.74. The fourth-order valence-corrected chi connectivity index (χ4v) is 0.484. The maximum absolute atomic E-state index is 8.47. The molecule has 0 amide bonds. The minimum atomic E-state index is 0.678. The van der Waals surface area contributed by atoms with Crippen molar-refractivity contribution in [2.45, 2.75) is 6.92 Å². The van der Waals surface area contributed by atoms with Crippen LogP contribution in [0.3, 0.4) is 0 Å². The van der Waals surface area contributed by atoms with E-state index in [1.165, 1.54) is 0 Å². The molecular weight excluding hydrogens is 121 g/mol. The first kappa shape index (κ1) is 8.77. The maximum atomic E-state index is 8.47. The van der Waals surface area contributed by atoms with Gasteiger partial charge < -0.3 is 0 Å². The Morgan fingerprint density at radius 2 is 2.30 bits per heavy atom. The monoisotopic (exact) mass is 131 g/mol. The highest BCUT2D eigenvalue weighted by Crippen LogP contribution is 1.98. The van der Waals surface area contributed by atoms with Crippen LogP contribution in [0.2, 0.25) is 0 Å². The summed E-state index contributed by atoms with van der Waals surface area (Å²) >= 11 is 0. The third-order valence-corrected chi connectivity index (χ3v) is 1.15. The molecule has 0 atom stereocenters. The molecule has 0 aromatic heterocycles. The summed E-state index contributed by atoms with van der Waals surface area (Å²) in [7, 11) is 1.91. The second-order valence-corrected chi connectivity index (χ2v) is 1.95. The molecule has 0 heterocycles. The molecule has 0 unspecified atom stereocenters. The molecule has 2 heteroatoms. The van der Waals surface area contributed by atoms with Gasteiger partial charge in [-0.1, -0.05) is 30.3 Å². The predicted octanol–water partition coefficient (Wildman–Crippen LogP) is 1.16. The molecule has 0 aliphatic heterocycles. The van der Waals surface area contributed by atoms with E-state index in [4.69, 9.17) is 5.26 Å². The molecule has 10 heavy (non-hydrogen) atoms. The minimum absolute atomic E-state index is 0.678. The Balaban J connectivity index is 4.41. The van der Waals surface area contributed by atoms with E-state index in [9.17, 15) is 0 Å². The average molecular weight is 131 g/mol. The summed E-state index contributed by atoms with van der Waals surface area (Å²) in [4.78, 5) is 0. The Bertz CT molecular complexity index is 218. The molecule has 0 N–H and O–H groups in total. The van der Waals surface area contributed by atoms with E-state index in [-0.39, 0.29) is 0 Å². The lowest BCUT2D eigenvalue weighted by Gasteiger charge is -1.88. The van der Waals surface area contributed by atoms with Crippen LogP contribution >= 0.6 is 0 Å². The molecule has 0 aromatic carbocycles. The normalized spacial score (nSPS) is 12.4. The highest BCUT2D eigenvalue weighted by molar-refractivity contribution is 6.23. The van der Waals surface area contributed by atoms with Gasteiger partial charge in [-0.25, -0.2) is 0 Å². The molecule has 0 saturated heterocycles. The van der Waals surface area contributed by atoms with Gasteiger partial charge in [0.15, 0.2) is 0 Å². The van der Waals surface area contributed by atoms with Crippen molar-refractivity contribution < 1.29 is 0 Å². The van der Waals surface area contributed by atoms with Gasteiger partial charge in [0.25, 0.3) is 0 Å². The summed E-state index contributed by atoms with van der Waals surface area (Å²) in [5.74, 6) is 0. The molecule has 0 saturated carbocycles. The van der Waals surface area contributed by atoms with Crippen LogP contribution in [0.1, 0.15) is 6.92 Å². The Labute approximate surface area is 62.8 Å². The lowest BCUT2D eigenvalue weighted by atomic mass is 9.94. The zero-order chi connectivity index (χ0) is 7.98. The third-order valence-electron chi connectivity index (χ3n) is 1.15. The van der Waals surface area contributed by atoms with Crippen molar-refractivity contribution in [1.82, 2.24) is 0 Å². The molecule has 0 rings (SSSR count). The van der Waals surface area contributed by atoms with Crippen LogP contribution in [0.25, 0.3) is 0 Å². The van der Waals surface area contributed by atoms with E-state index < -0.39 is 0 Å². The van der Waals surface area contributed by atoms with Gasteiger partial charge in [-0.3, -0.25) is 0 Å². The van der Waals surface area contributed by atoms with Crippen LogP contribution in [0.4, 0.5) is 0 Å². The molecular formula is C8H10BN. The second kappa shape index (κ2) is 4.63. The van der Waals surface area contributed by atoms with Crippen LogP contribution < -0.4 is 0 Å². The SMILES string of the molecule is B/C(C=C)=C/C(C#N)=C\C. The topological polar surface area (TPSA) is 23.8 Å². The van der Waals surface area contributed by atoms with Crippen molar-refractivity contribution in [3.05, 3.63) is 35.9 Å². The van der Waals surface area contributed by atoms with E-state index in [0.29, 0.717) is 5.57 Å². The fourth-order valence-electron chi connectivity index (χ4n) is 0.484. The van der Waals surface area contributed by atoms with Crippen molar-refractivity contribution >= 4 is 7.85 Å². The van der Waals surface area contributed by atoms with Crippen molar-refractivity contribution in [2.75, 3.05) is 0 Å². The van der Waals surface area contributed by atoms with E-state index in [1.807, 2.05) is 14.8 Å². The van der Waals surface area contributed by atoms with Gasteiger partial charge in [-0.05, 0) is 6.92 Å². The van der Waals surface area contributed by atoms with Crippen LogP contribution in [-0.4, -0.2) is 7.85 Å². The summed E-state index contributed by atoms with van der Waals surface area (Å²) in [5.41, 5.74) is 1.69. The second-order valence-electron chi connectivity index (χ2n) is 1.95. The van der Waals surface area contributed by atoms with E-state index in [2.05, 4.69) is 12.6 Å². The average Bonchev–Trinajstić information content (AvgIpc) is 1.99. The molecule has 0 aromatic rings. The van der Waals surface area contributed by atoms with E-state index in [1.54, 1.807) is 18.2 Å². The van der Waals surface area contributed by atoms with Crippen molar-refractivity contribution in [3.63, 3.8) is 0 Å². The van der Waals surface area contributed by atoms with Crippen LogP contribution in [-0.2, 0) is 0 Å². The van der Waals surface area contributed by atoms with Gasteiger partial charge in [-0.2, -0.15) is 5.26 Å². The Kier molecular flexibility index (Phi) is 4.07. The fraction of sp³-hybridized carbons (Fsp3) is 0.125. The summed E-state index contributed by atoms with van der Waals surface area (Å²) in [5, 5.41) is 8.47. The third kappa shape index (κ3) is 2.93. The lowest BCUT2D eigenvalue weighted by Crippen LogP contribution is -1.76. The number of allylic oxidation sites excluding steroid dienone is 5. The summed E-state index contributed by atoms with van der Waals surface area (Å²) in [6.45, 7) is 5.42. The summed E-state index contributed by atoms with van der Waals surface area (Å²) in [6.07, 6.45) is 5.29. The van der Waals surface area contributed by atoms with Gasteiger partial charge in [0.05, 0.1) is 6.07 Å². The first-order valence-corrected chi connectivity index (χ1v) is 3.11. The van der Waals surface area contributed by atoms with Crippen molar-refractivity contribution in [1.29, 1.82) is 5.26 Å². The molecule has 0 spiro atoms. The predicted molar refractivity (Wildman–Crippen MR) is 46.2 cm³/mol. The Morgan fingerprint density at radius 3 is 2.60 bits per heavy atom. The van der Waals surface area contributed by atoms with Crippen LogP contribution in [0.15, 0.2) is 35.9 Å². The largest absolute Gasteiger partial charge is 0.192 e. The van der Waals surface area contributed by atoms with Gasteiger partial charge in [0.2, 0.25) is 0 Å². The molecule has 0 aliphatic carbocycles. The number of rotatable bonds is 2. The van der Waals surface area contributed by atoms with Gasteiger partial charge >= 0.3 is 0 Å². The van der Waals surface area contributed by atoms with Crippen LogP contribution in [0, 0.1) is 11.3 Å². The Hall–Kier alpha value is -1.23. The number of nitriles is 1. The highest BCUT2D eigenvalue weighted by atomic mass is 14.2. The first-order valence-electron chi connectivity index (χ1n) is 3.11. The molecule has 50 valence electrons. The van der Waals surface area contributed by atoms with Crippen molar-refractivity contribution in [3.8, 4) is 6.07 Å². The minimum Gasteiger partial charge on any atom is -0.192 e. The quantitative estimate of drug-likeness (QED) is 0.313. The van der Waals surface area contributed by atoms with Gasteiger partial charge in [0, 0.05) is 5.57 Å².